The van der Waals surface area contributed by atoms with Gasteiger partial charge in [-0.2, -0.15) is 4.98 Å². The largest absolute Gasteiger partial charge is 0.349 e. The van der Waals surface area contributed by atoms with Gasteiger partial charge in [0.15, 0.2) is 0 Å². The van der Waals surface area contributed by atoms with Crippen molar-refractivity contribution in [2.75, 3.05) is 13.1 Å². The monoisotopic (exact) mass is 238 g/mol. The number of hydrogen-bond acceptors (Lipinski definition) is 5. The number of aromatic nitrogens is 2. The van der Waals surface area contributed by atoms with Gasteiger partial charge in [0.1, 0.15) is 0 Å². The second kappa shape index (κ2) is 4.83. The zero-order valence-corrected chi connectivity index (χ0v) is 10.0. The Balaban J connectivity index is 2.19. The van der Waals surface area contributed by atoms with E-state index in [4.69, 9.17) is 10.3 Å². The fraction of sp³-hybridized carbons (Fsp3) is 0.727. The van der Waals surface area contributed by atoms with Crippen molar-refractivity contribution >= 4 is 5.91 Å². The summed E-state index contributed by atoms with van der Waals surface area (Å²) in [5.41, 5.74) is 5.61. The van der Waals surface area contributed by atoms with E-state index in [1.165, 1.54) is 0 Å². The molecule has 17 heavy (non-hydrogen) atoms. The fourth-order valence-corrected chi connectivity index (χ4v) is 2.33. The Kier molecular flexibility index (Phi) is 3.42. The normalized spacial score (nSPS) is 18.2. The minimum atomic E-state index is -0.298. The summed E-state index contributed by atoms with van der Waals surface area (Å²) in [5.74, 6) is 0.313. The van der Waals surface area contributed by atoms with E-state index in [0.717, 1.165) is 25.7 Å². The molecule has 1 amide bonds. The first kappa shape index (κ1) is 12.0. The van der Waals surface area contributed by atoms with Gasteiger partial charge in [-0.15, -0.1) is 0 Å². The molecule has 0 spiro atoms. The van der Waals surface area contributed by atoms with E-state index in [1.54, 1.807) is 0 Å². The van der Waals surface area contributed by atoms with Crippen molar-refractivity contribution in [3.63, 3.8) is 0 Å². The predicted molar refractivity (Wildman–Crippen MR) is 61.5 cm³/mol. The topological polar surface area (TPSA) is 94.0 Å². The predicted octanol–water partition coefficient (Wildman–Crippen LogP) is 0.590. The summed E-state index contributed by atoms with van der Waals surface area (Å²) in [6, 6.07) is 0. The Bertz CT molecular complexity index is 396. The highest BCUT2D eigenvalue weighted by atomic mass is 16.5. The van der Waals surface area contributed by atoms with E-state index in [-0.39, 0.29) is 17.1 Å². The highest BCUT2D eigenvalue weighted by molar-refractivity contribution is 5.90. The molecule has 6 heteroatoms. The third kappa shape index (κ3) is 2.17. The average Bonchev–Trinajstić information content (AvgIpc) is 2.99. The van der Waals surface area contributed by atoms with Gasteiger partial charge in [-0.05, 0) is 19.8 Å². The van der Waals surface area contributed by atoms with E-state index < -0.39 is 0 Å². The molecule has 0 aromatic carbocycles. The molecule has 3 N–H and O–H groups in total. The number of nitrogens with zero attached hydrogens (tertiary/aromatic N) is 2. The Morgan fingerprint density at radius 2 is 2.24 bits per heavy atom. The average molecular weight is 238 g/mol. The number of hydrogen-bond donors (Lipinski definition) is 2. The van der Waals surface area contributed by atoms with Gasteiger partial charge in [-0.1, -0.05) is 18.0 Å². The molecule has 0 radical (unpaired) electrons. The number of nitrogens with two attached hydrogens (primary N) is 1. The third-order valence-electron chi connectivity index (χ3n) is 3.37. The summed E-state index contributed by atoms with van der Waals surface area (Å²) in [5, 5.41) is 6.36. The third-order valence-corrected chi connectivity index (χ3v) is 3.37. The van der Waals surface area contributed by atoms with Crippen LogP contribution < -0.4 is 11.1 Å². The van der Waals surface area contributed by atoms with Crippen LogP contribution >= 0.6 is 0 Å². The van der Waals surface area contributed by atoms with Crippen LogP contribution in [0.3, 0.4) is 0 Å². The number of nitrogens with one attached hydrogen (secondary N) is 1. The Labute approximate surface area is 99.9 Å². The van der Waals surface area contributed by atoms with Crippen LogP contribution in [0.15, 0.2) is 4.52 Å². The van der Waals surface area contributed by atoms with E-state index in [2.05, 4.69) is 15.5 Å². The van der Waals surface area contributed by atoms with Crippen molar-refractivity contribution < 1.29 is 9.32 Å². The van der Waals surface area contributed by atoms with Crippen LogP contribution in [0.25, 0.3) is 0 Å². The van der Waals surface area contributed by atoms with E-state index >= 15 is 0 Å². The van der Waals surface area contributed by atoms with Crippen LogP contribution in [-0.4, -0.2) is 29.1 Å². The smallest absolute Gasteiger partial charge is 0.292 e. The summed E-state index contributed by atoms with van der Waals surface area (Å²) < 4.78 is 5.21. The molecule has 1 heterocycles. The Hall–Kier alpha value is -1.43. The number of carbonyl (C=O) groups excluding carboxylic acids is 1. The van der Waals surface area contributed by atoms with Crippen molar-refractivity contribution in [3.8, 4) is 0 Å². The maximum Gasteiger partial charge on any atom is 0.292 e. The first-order valence-electron chi connectivity index (χ1n) is 6.04. The zero-order chi connectivity index (χ0) is 12.3. The summed E-state index contributed by atoms with van der Waals surface area (Å²) >= 11 is 0. The molecular formula is C11H18N4O2. The van der Waals surface area contributed by atoms with Crippen molar-refractivity contribution in [2.24, 2.45) is 5.73 Å². The van der Waals surface area contributed by atoms with Gasteiger partial charge in [-0.25, -0.2) is 0 Å². The second-order valence-electron chi connectivity index (χ2n) is 4.47. The highest BCUT2D eigenvalue weighted by Gasteiger charge is 2.40. The molecule has 2 rings (SSSR count). The molecule has 94 valence electrons. The lowest BCUT2D eigenvalue weighted by Crippen LogP contribution is -2.32. The van der Waals surface area contributed by atoms with E-state index in [1.807, 2.05) is 6.92 Å². The minimum Gasteiger partial charge on any atom is -0.349 e. The van der Waals surface area contributed by atoms with Crippen molar-refractivity contribution in [3.05, 3.63) is 11.7 Å². The van der Waals surface area contributed by atoms with E-state index in [9.17, 15) is 4.79 Å². The van der Waals surface area contributed by atoms with Crippen LogP contribution in [0.2, 0.25) is 0 Å². The van der Waals surface area contributed by atoms with Crippen LogP contribution in [0.5, 0.6) is 0 Å². The zero-order valence-electron chi connectivity index (χ0n) is 10.0. The molecule has 0 unspecified atom stereocenters. The Morgan fingerprint density at radius 1 is 1.53 bits per heavy atom. The van der Waals surface area contributed by atoms with Gasteiger partial charge in [0.25, 0.3) is 11.7 Å². The minimum absolute atomic E-state index is 0.0987. The van der Waals surface area contributed by atoms with Crippen molar-refractivity contribution in [1.82, 2.24) is 15.5 Å². The van der Waals surface area contributed by atoms with Crippen LogP contribution in [0, 0.1) is 0 Å². The molecule has 1 fully saturated rings. The first-order chi connectivity index (χ1) is 8.22. The van der Waals surface area contributed by atoms with Gasteiger partial charge in [0.05, 0.1) is 5.41 Å². The molecule has 1 saturated carbocycles. The van der Waals surface area contributed by atoms with Crippen molar-refractivity contribution in [2.45, 2.75) is 38.0 Å². The van der Waals surface area contributed by atoms with Gasteiger partial charge < -0.3 is 15.6 Å². The number of amides is 1. The molecule has 1 aromatic rings. The molecule has 1 aliphatic rings. The lowest BCUT2D eigenvalue weighted by Gasteiger charge is -2.21. The summed E-state index contributed by atoms with van der Waals surface area (Å²) in [6.07, 6.45) is 4.16. The molecule has 1 aliphatic carbocycles. The van der Waals surface area contributed by atoms with Gasteiger partial charge in [0.2, 0.25) is 5.89 Å². The van der Waals surface area contributed by atoms with Crippen LogP contribution in [-0.2, 0) is 5.41 Å². The summed E-state index contributed by atoms with van der Waals surface area (Å²) in [6.45, 7) is 2.88. The van der Waals surface area contributed by atoms with Crippen LogP contribution in [0.1, 0.15) is 49.1 Å². The molecule has 1 aromatic heterocycles. The summed E-state index contributed by atoms with van der Waals surface area (Å²) in [4.78, 5) is 15.7. The lowest BCUT2D eigenvalue weighted by molar-refractivity contribution is 0.0942. The molecule has 6 nitrogen and oxygen atoms in total. The number of rotatable bonds is 4. The number of carbonyl (C=O) groups is 1. The quantitative estimate of drug-likeness (QED) is 0.800. The maximum absolute atomic E-state index is 11.5. The van der Waals surface area contributed by atoms with Gasteiger partial charge in [0, 0.05) is 13.1 Å². The van der Waals surface area contributed by atoms with Gasteiger partial charge in [-0.3, -0.25) is 4.79 Å². The van der Waals surface area contributed by atoms with E-state index in [0.29, 0.717) is 19.0 Å². The van der Waals surface area contributed by atoms with Crippen LogP contribution in [0.4, 0.5) is 0 Å². The molecule has 0 aliphatic heterocycles. The Morgan fingerprint density at radius 3 is 2.82 bits per heavy atom. The van der Waals surface area contributed by atoms with Crippen molar-refractivity contribution in [1.29, 1.82) is 0 Å². The lowest BCUT2D eigenvalue weighted by atomic mass is 9.86. The first-order valence-corrected chi connectivity index (χ1v) is 6.04. The molecule has 0 atom stereocenters. The maximum atomic E-state index is 11.5. The highest BCUT2D eigenvalue weighted by Crippen LogP contribution is 2.39. The summed E-state index contributed by atoms with van der Waals surface area (Å²) in [7, 11) is 0. The van der Waals surface area contributed by atoms with Gasteiger partial charge >= 0.3 is 0 Å². The molecular weight excluding hydrogens is 220 g/mol. The fourth-order valence-electron chi connectivity index (χ4n) is 2.33. The molecule has 0 saturated heterocycles. The standard InChI is InChI=1S/C11H18N4O2/c1-2-13-9(16)8-14-10(17-15-8)11(7-12)5-3-4-6-11/h2-7,12H2,1H3,(H,13,16). The SMILES string of the molecule is CCNC(=O)c1noc(C2(CN)CCCC2)n1. The molecule has 0 bridgehead atoms. The second-order valence-corrected chi connectivity index (χ2v) is 4.47.